The van der Waals surface area contributed by atoms with Crippen molar-refractivity contribution in [1.82, 2.24) is 8.61 Å². The molecule has 3 aromatic rings. The number of amides is 1. The minimum Gasteiger partial charge on any atom is -0.325 e. The molecular formula is C23H22ClN3O5S2. The van der Waals surface area contributed by atoms with Gasteiger partial charge in [0.1, 0.15) is 6.04 Å². The van der Waals surface area contributed by atoms with Crippen LogP contribution in [0, 0.1) is 0 Å². The van der Waals surface area contributed by atoms with Gasteiger partial charge in [-0.2, -0.15) is 8.61 Å². The lowest BCUT2D eigenvalue weighted by Gasteiger charge is -2.38. The number of carbonyl (C=O) groups is 1. The molecule has 0 aliphatic carbocycles. The number of benzene rings is 3. The highest BCUT2D eigenvalue weighted by atomic mass is 35.5. The Labute approximate surface area is 203 Å². The SMILES string of the molecule is O=C(Nc1ccc(Cl)cc1)[C@@H]1CN(S(=O)(=O)c2ccccc2)CCN1S(=O)(=O)c1ccccc1. The summed E-state index contributed by atoms with van der Waals surface area (Å²) in [5, 5.41) is 3.15. The Bertz CT molecular complexity index is 1370. The van der Waals surface area contributed by atoms with Crippen LogP contribution in [0.15, 0.2) is 94.7 Å². The Hall–Kier alpha value is -2.76. The number of piperazine rings is 1. The summed E-state index contributed by atoms with van der Waals surface area (Å²) in [6.07, 6.45) is 0. The summed E-state index contributed by atoms with van der Waals surface area (Å²) in [5.41, 5.74) is 0.412. The van der Waals surface area contributed by atoms with Crippen molar-refractivity contribution in [2.45, 2.75) is 15.8 Å². The maximum Gasteiger partial charge on any atom is 0.244 e. The second kappa shape index (κ2) is 9.85. The third kappa shape index (κ3) is 5.01. The molecule has 0 bridgehead atoms. The van der Waals surface area contributed by atoms with Gasteiger partial charge >= 0.3 is 0 Å². The smallest absolute Gasteiger partial charge is 0.244 e. The average molecular weight is 520 g/mol. The zero-order valence-electron chi connectivity index (χ0n) is 17.9. The fraction of sp³-hybridized carbons (Fsp3) is 0.174. The van der Waals surface area contributed by atoms with Crippen molar-refractivity contribution in [3.8, 4) is 0 Å². The second-order valence-electron chi connectivity index (χ2n) is 7.62. The van der Waals surface area contributed by atoms with Crippen LogP contribution in [-0.2, 0) is 24.8 Å². The summed E-state index contributed by atoms with van der Waals surface area (Å²) in [7, 11) is -7.98. The summed E-state index contributed by atoms with van der Waals surface area (Å²) in [5.74, 6) is -0.644. The van der Waals surface area contributed by atoms with Gasteiger partial charge in [-0.25, -0.2) is 16.8 Å². The number of sulfonamides is 2. The summed E-state index contributed by atoms with van der Waals surface area (Å²) in [4.78, 5) is 13.4. The van der Waals surface area contributed by atoms with Gasteiger partial charge in [0.2, 0.25) is 26.0 Å². The van der Waals surface area contributed by atoms with Crippen LogP contribution in [0.4, 0.5) is 5.69 Å². The predicted molar refractivity (Wildman–Crippen MR) is 129 cm³/mol. The highest BCUT2D eigenvalue weighted by Crippen LogP contribution is 2.26. The van der Waals surface area contributed by atoms with Crippen molar-refractivity contribution in [3.05, 3.63) is 90.0 Å². The highest BCUT2D eigenvalue weighted by molar-refractivity contribution is 7.89. The molecule has 1 aliphatic heterocycles. The van der Waals surface area contributed by atoms with Crippen LogP contribution >= 0.6 is 11.6 Å². The van der Waals surface area contributed by atoms with Gasteiger partial charge in [-0.1, -0.05) is 48.0 Å². The molecule has 1 atom stereocenters. The molecule has 178 valence electrons. The van der Waals surface area contributed by atoms with E-state index in [1.54, 1.807) is 60.7 Å². The van der Waals surface area contributed by atoms with Crippen LogP contribution in [0.5, 0.6) is 0 Å². The van der Waals surface area contributed by atoms with Crippen LogP contribution in [0.25, 0.3) is 0 Å². The van der Waals surface area contributed by atoms with E-state index in [-0.39, 0.29) is 29.4 Å². The first-order valence-electron chi connectivity index (χ1n) is 10.4. The zero-order valence-corrected chi connectivity index (χ0v) is 20.3. The maximum atomic E-state index is 13.4. The lowest BCUT2D eigenvalue weighted by molar-refractivity contribution is -0.120. The third-order valence-electron chi connectivity index (χ3n) is 5.44. The maximum absolute atomic E-state index is 13.4. The Balaban J connectivity index is 1.68. The largest absolute Gasteiger partial charge is 0.325 e. The molecule has 34 heavy (non-hydrogen) atoms. The molecule has 1 heterocycles. The lowest BCUT2D eigenvalue weighted by atomic mass is 10.2. The van der Waals surface area contributed by atoms with Crippen LogP contribution < -0.4 is 5.32 Å². The van der Waals surface area contributed by atoms with Crippen LogP contribution in [0.3, 0.4) is 0 Å². The average Bonchev–Trinajstić information content (AvgIpc) is 2.86. The molecule has 1 aliphatic rings. The molecule has 4 rings (SSSR count). The van der Waals surface area contributed by atoms with Gasteiger partial charge in [0.15, 0.2) is 0 Å². The van der Waals surface area contributed by atoms with Gasteiger partial charge in [-0.15, -0.1) is 0 Å². The summed E-state index contributed by atoms with van der Waals surface area (Å²) >= 11 is 5.90. The van der Waals surface area contributed by atoms with E-state index in [0.717, 1.165) is 8.61 Å². The predicted octanol–water partition coefficient (Wildman–Crippen LogP) is 3.04. The van der Waals surface area contributed by atoms with Crippen LogP contribution in [-0.4, -0.2) is 57.0 Å². The molecule has 0 unspecified atom stereocenters. The number of hydrogen-bond acceptors (Lipinski definition) is 5. The Morgan fingerprint density at radius 3 is 1.85 bits per heavy atom. The Kier molecular flexibility index (Phi) is 7.06. The molecule has 1 saturated heterocycles. The minimum atomic E-state index is -4.06. The molecule has 1 fully saturated rings. The normalized spacial score (nSPS) is 17.9. The van der Waals surface area contributed by atoms with Crippen molar-refractivity contribution in [1.29, 1.82) is 0 Å². The number of anilines is 1. The number of nitrogens with one attached hydrogen (secondary N) is 1. The van der Waals surface area contributed by atoms with E-state index in [9.17, 15) is 21.6 Å². The van der Waals surface area contributed by atoms with Crippen molar-refractivity contribution < 1.29 is 21.6 Å². The molecule has 0 aromatic heterocycles. The first kappa shape index (κ1) is 24.4. The van der Waals surface area contributed by atoms with E-state index in [2.05, 4.69) is 5.32 Å². The van der Waals surface area contributed by atoms with Gasteiger partial charge < -0.3 is 5.32 Å². The summed E-state index contributed by atoms with van der Waals surface area (Å²) < 4.78 is 55.4. The standard InChI is InChI=1S/C23H22ClN3O5S2/c24-18-11-13-19(14-12-18)25-23(28)22-17-26(33(29,30)20-7-3-1-4-8-20)15-16-27(22)34(31,32)21-9-5-2-6-10-21/h1-14,22H,15-17H2,(H,25,28)/t22-/m0/s1. The fourth-order valence-electron chi connectivity index (χ4n) is 3.69. The lowest BCUT2D eigenvalue weighted by Crippen LogP contribution is -2.60. The molecule has 0 radical (unpaired) electrons. The van der Waals surface area contributed by atoms with Crippen molar-refractivity contribution in [3.63, 3.8) is 0 Å². The molecule has 3 aromatic carbocycles. The Morgan fingerprint density at radius 2 is 1.29 bits per heavy atom. The van der Waals surface area contributed by atoms with Gasteiger partial charge in [-0.05, 0) is 48.5 Å². The summed E-state index contributed by atoms with van der Waals surface area (Å²) in [6.45, 7) is -0.598. The monoisotopic (exact) mass is 519 g/mol. The fourth-order valence-corrected chi connectivity index (χ4v) is 6.87. The van der Waals surface area contributed by atoms with Crippen LogP contribution in [0.1, 0.15) is 0 Å². The third-order valence-corrected chi connectivity index (χ3v) is 9.49. The molecule has 8 nitrogen and oxygen atoms in total. The van der Waals surface area contributed by atoms with Crippen LogP contribution in [0.2, 0.25) is 5.02 Å². The van der Waals surface area contributed by atoms with E-state index >= 15 is 0 Å². The summed E-state index contributed by atoms with van der Waals surface area (Å²) in [6, 6.07) is 20.6. The van der Waals surface area contributed by atoms with Gasteiger partial charge in [-0.3, -0.25) is 4.79 Å². The van der Waals surface area contributed by atoms with E-state index in [1.807, 2.05) is 0 Å². The zero-order chi connectivity index (χ0) is 24.3. The Morgan fingerprint density at radius 1 is 0.765 bits per heavy atom. The van der Waals surface area contributed by atoms with Gasteiger partial charge in [0, 0.05) is 30.3 Å². The molecule has 0 saturated carbocycles. The van der Waals surface area contributed by atoms with Gasteiger partial charge in [0.25, 0.3) is 0 Å². The second-order valence-corrected chi connectivity index (χ2v) is 11.9. The number of nitrogens with zero attached hydrogens (tertiary/aromatic N) is 2. The van der Waals surface area contributed by atoms with Crippen molar-refractivity contribution in [2.24, 2.45) is 0 Å². The first-order chi connectivity index (χ1) is 16.2. The molecule has 11 heteroatoms. The molecule has 1 amide bonds. The van der Waals surface area contributed by atoms with E-state index in [0.29, 0.717) is 10.7 Å². The van der Waals surface area contributed by atoms with E-state index in [4.69, 9.17) is 11.6 Å². The first-order valence-corrected chi connectivity index (χ1v) is 13.6. The molecule has 0 spiro atoms. The van der Waals surface area contributed by atoms with E-state index in [1.165, 1.54) is 24.3 Å². The quantitative estimate of drug-likeness (QED) is 0.539. The molecule has 1 N–H and O–H groups in total. The topological polar surface area (TPSA) is 104 Å². The number of carbonyl (C=O) groups excluding carboxylic acids is 1. The minimum absolute atomic E-state index is 0.0265. The number of rotatable bonds is 6. The van der Waals surface area contributed by atoms with Crippen molar-refractivity contribution in [2.75, 3.05) is 25.0 Å². The molecular weight excluding hydrogens is 498 g/mol. The van der Waals surface area contributed by atoms with Crippen molar-refractivity contribution >= 4 is 43.2 Å². The van der Waals surface area contributed by atoms with Gasteiger partial charge in [0.05, 0.1) is 9.79 Å². The highest BCUT2D eigenvalue weighted by Gasteiger charge is 2.43. The van der Waals surface area contributed by atoms with E-state index < -0.39 is 32.0 Å². The number of halogens is 1. The number of hydrogen-bond donors (Lipinski definition) is 1.